The van der Waals surface area contributed by atoms with Crippen molar-refractivity contribution in [2.45, 2.75) is 39.2 Å². The second kappa shape index (κ2) is 7.57. The number of amides is 1. The zero-order chi connectivity index (χ0) is 12.7. The minimum Gasteiger partial charge on any atom is -0.352 e. The fourth-order valence-electron chi connectivity index (χ4n) is 1.47. The molecule has 1 amide bonds. The van der Waals surface area contributed by atoms with E-state index >= 15 is 0 Å². The fraction of sp³-hybridized carbons (Fsp3) is 0.462. The average molecular weight is 274 g/mol. The number of benzene rings is 1. The summed E-state index contributed by atoms with van der Waals surface area (Å²) in [4.78, 5) is 11.5. The monoisotopic (exact) mass is 273 g/mol. The van der Waals surface area contributed by atoms with Gasteiger partial charge in [-0.1, -0.05) is 49.0 Å². The third-order valence-electron chi connectivity index (χ3n) is 2.48. The van der Waals surface area contributed by atoms with Gasteiger partial charge in [0.1, 0.15) is 0 Å². The van der Waals surface area contributed by atoms with Crippen LogP contribution in [0.15, 0.2) is 18.2 Å². The molecule has 1 rings (SSSR count). The van der Waals surface area contributed by atoms with Gasteiger partial charge >= 0.3 is 0 Å². The summed E-state index contributed by atoms with van der Waals surface area (Å²) in [6.07, 6.45) is 3.76. The summed E-state index contributed by atoms with van der Waals surface area (Å²) in [5, 5.41) is 3.91. The lowest BCUT2D eigenvalue weighted by Crippen LogP contribution is -2.22. The number of hydrogen-bond acceptors (Lipinski definition) is 1. The first kappa shape index (κ1) is 14.3. The molecule has 4 heteroatoms. The summed E-state index contributed by atoms with van der Waals surface area (Å²) >= 11 is 11.7. The molecule has 0 saturated carbocycles. The van der Waals surface area contributed by atoms with Gasteiger partial charge in [-0.15, -0.1) is 0 Å². The lowest BCUT2D eigenvalue weighted by atomic mass is 10.2. The fourth-order valence-corrected chi connectivity index (χ4v) is 1.79. The van der Waals surface area contributed by atoms with Crippen LogP contribution in [0.4, 0.5) is 0 Å². The second-order valence-corrected chi connectivity index (χ2v) is 4.80. The van der Waals surface area contributed by atoms with Gasteiger partial charge < -0.3 is 5.32 Å². The Kier molecular flexibility index (Phi) is 6.38. The van der Waals surface area contributed by atoms with Crippen LogP contribution in [0.3, 0.4) is 0 Å². The Morgan fingerprint density at radius 1 is 1.24 bits per heavy atom. The molecule has 1 aromatic carbocycles. The molecule has 0 aliphatic rings. The van der Waals surface area contributed by atoms with E-state index in [1.54, 1.807) is 12.1 Å². The minimum absolute atomic E-state index is 0.0875. The number of halogens is 2. The van der Waals surface area contributed by atoms with E-state index in [1.165, 1.54) is 0 Å². The molecule has 0 saturated heterocycles. The van der Waals surface area contributed by atoms with Crippen molar-refractivity contribution in [2.75, 3.05) is 0 Å². The molecule has 0 unspecified atom stereocenters. The minimum atomic E-state index is 0.0875. The van der Waals surface area contributed by atoms with Gasteiger partial charge in [0.05, 0.1) is 10.0 Å². The van der Waals surface area contributed by atoms with Gasteiger partial charge in [0, 0.05) is 13.0 Å². The molecular weight excluding hydrogens is 257 g/mol. The molecule has 0 heterocycles. The van der Waals surface area contributed by atoms with Gasteiger partial charge in [0.15, 0.2) is 0 Å². The van der Waals surface area contributed by atoms with Crippen molar-refractivity contribution in [3.05, 3.63) is 33.8 Å². The van der Waals surface area contributed by atoms with Crippen molar-refractivity contribution < 1.29 is 4.79 Å². The van der Waals surface area contributed by atoms with Gasteiger partial charge in [0.2, 0.25) is 5.91 Å². The van der Waals surface area contributed by atoms with Crippen molar-refractivity contribution in [3.8, 4) is 0 Å². The zero-order valence-electron chi connectivity index (χ0n) is 9.93. The van der Waals surface area contributed by atoms with Crippen LogP contribution >= 0.6 is 23.2 Å². The molecule has 17 heavy (non-hydrogen) atoms. The smallest absolute Gasteiger partial charge is 0.220 e. The molecular formula is C13H17Cl2NO. The van der Waals surface area contributed by atoms with E-state index < -0.39 is 0 Å². The van der Waals surface area contributed by atoms with Crippen LogP contribution in [0, 0.1) is 0 Å². The predicted molar refractivity (Wildman–Crippen MR) is 72.5 cm³/mol. The number of carbonyl (C=O) groups excluding carboxylic acids is 1. The normalized spacial score (nSPS) is 10.3. The van der Waals surface area contributed by atoms with E-state index in [2.05, 4.69) is 12.2 Å². The Morgan fingerprint density at radius 2 is 2.00 bits per heavy atom. The van der Waals surface area contributed by atoms with Crippen LogP contribution in [0.2, 0.25) is 10.0 Å². The first-order valence-corrected chi connectivity index (χ1v) is 6.59. The SMILES string of the molecule is CCCCCC(=O)NCc1ccc(Cl)c(Cl)c1. The molecule has 0 atom stereocenters. The largest absolute Gasteiger partial charge is 0.352 e. The van der Waals surface area contributed by atoms with Crippen LogP contribution in [0.25, 0.3) is 0 Å². The lowest BCUT2D eigenvalue weighted by molar-refractivity contribution is -0.121. The van der Waals surface area contributed by atoms with Crippen molar-refractivity contribution >= 4 is 29.1 Å². The summed E-state index contributed by atoms with van der Waals surface area (Å²) in [7, 11) is 0. The van der Waals surface area contributed by atoms with Gasteiger partial charge in [0.25, 0.3) is 0 Å². The van der Waals surface area contributed by atoms with Gasteiger partial charge in [-0.25, -0.2) is 0 Å². The van der Waals surface area contributed by atoms with Crippen molar-refractivity contribution in [1.29, 1.82) is 0 Å². The Balaban J connectivity index is 2.34. The third kappa shape index (κ3) is 5.42. The third-order valence-corrected chi connectivity index (χ3v) is 3.22. The average Bonchev–Trinajstić information content (AvgIpc) is 2.31. The molecule has 0 radical (unpaired) electrons. The molecule has 1 N–H and O–H groups in total. The Morgan fingerprint density at radius 3 is 2.65 bits per heavy atom. The highest BCUT2D eigenvalue weighted by Gasteiger charge is 2.02. The quantitative estimate of drug-likeness (QED) is 0.774. The first-order valence-electron chi connectivity index (χ1n) is 5.84. The highest BCUT2D eigenvalue weighted by atomic mass is 35.5. The lowest BCUT2D eigenvalue weighted by Gasteiger charge is -2.06. The predicted octanol–water partition coefficient (Wildman–Crippen LogP) is 4.19. The summed E-state index contributed by atoms with van der Waals surface area (Å²) in [6.45, 7) is 2.62. The van der Waals surface area contributed by atoms with E-state index in [0.717, 1.165) is 24.8 Å². The van der Waals surface area contributed by atoms with Gasteiger partial charge in [-0.05, 0) is 24.1 Å². The molecule has 0 aromatic heterocycles. The maximum atomic E-state index is 11.5. The number of unbranched alkanes of at least 4 members (excludes halogenated alkanes) is 2. The summed E-state index contributed by atoms with van der Waals surface area (Å²) in [5.74, 6) is 0.0875. The standard InChI is InChI=1S/C13H17Cl2NO/c1-2-3-4-5-13(17)16-9-10-6-7-11(14)12(15)8-10/h6-8H,2-5,9H2,1H3,(H,16,17). The Hall–Kier alpha value is -0.730. The van der Waals surface area contributed by atoms with Crippen LogP contribution in [0.5, 0.6) is 0 Å². The second-order valence-electron chi connectivity index (χ2n) is 3.98. The molecule has 1 aromatic rings. The number of carbonyl (C=O) groups is 1. The number of hydrogen-bond donors (Lipinski definition) is 1. The maximum Gasteiger partial charge on any atom is 0.220 e. The van der Waals surface area contributed by atoms with E-state index in [1.807, 2.05) is 6.07 Å². The van der Waals surface area contributed by atoms with Crippen LogP contribution in [0.1, 0.15) is 38.2 Å². The number of nitrogens with one attached hydrogen (secondary N) is 1. The topological polar surface area (TPSA) is 29.1 Å². The van der Waals surface area contributed by atoms with E-state index in [-0.39, 0.29) is 5.91 Å². The van der Waals surface area contributed by atoms with Crippen molar-refractivity contribution in [2.24, 2.45) is 0 Å². The Bertz CT molecular complexity index is 380. The maximum absolute atomic E-state index is 11.5. The van der Waals surface area contributed by atoms with E-state index in [0.29, 0.717) is 23.0 Å². The highest BCUT2D eigenvalue weighted by molar-refractivity contribution is 6.42. The van der Waals surface area contributed by atoms with E-state index in [9.17, 15) is 4.79 Å². The first-order chi connectivity index (χ1) is 8.13. The summed E-state index contributed by atoms with van der Waals surface area (Å²) in [6, 6.07) is 5.37. The highest BCUT2D eigenvalue weighted by Crippen LogP contribution is 2.22. The Labute approximate surface area is 112 Å². The number of rotatable bonds is 6. The van der Waals surface area contributed by atoms with Crippen molar-refractivity contribution in [1.82, 2.24) is 5.32 Å². The van der Waals surface area contributed by atoms with Crippen LogP contribution < -0.4 is 5.32 Å². The molecule has 0 fully saturated rings. The molecule has 0 aliphatic carbocycles. The molecule has 94 valence electrons. The van der Waals surface area contributed by atoms with Crippen LogP contribution in [-0.4, -0.2) is 5.91 Å². The zero-order valence-corrected chi connectivity index (χ0v) is 11.4. The molecule has 0 spiro atoms. The molecule has 2 nitrogen and oxygen atoms in total. The summed E-state index contributed by atoms with van der Waals surface area (Å²) < 4.78 is 0. The summed E-state index contributed by atoms with van der Waals surface area (Å²) in [5.41, 5.74) is 0.961. The van der Waals surface area contributed by atoms with Crippen molar-refractivity contribution in [3.63, 3.8) is 0 Å². The molecule has 0 aliphatic heterocycles. The van der Waals surface area contributed by atoms with Gasteiger partial charge in [-0.2, -0.15) is 0 Å². The van der Waals surface area contributed by atoms with Crippen LogP contribution in [-0.2, 0) is 11.3 Å². The van der Waals surface area contributed by atoms with E-state index in [4.69, 9.17) is 23.2 Å². The van der Waals surface area contributed by atoms with Gasteiger partial charge in [-0.3, -0.25) is 4.79 Å². The molecule has 0 bridgehead atoms.